The molecule has 0 radical (unpaired) electrons. The zero-order chi connectivity index (χ0) is 21.9. The summed E-state index contributed by atoms with van der Waals surface area (Å²) in [4.78, 5) is 10.1. The molecule has 6 nitrogen and oxygen atoms in total. The van der Waals surface area contributed by atoms with Crippen molar-refractivity contribution < 1.29 is 4.74 Å². The quantitative estimate of drug-likeness (QED) is 0.467. The van der Waals surface area contributed by atoms with E-state index in [1.807, 2.05) is 0 Å². The lowest BCUT2D eigenvalue weighted by Gasteiger charge is -2.33. The normalized spacial score (nSPS) is 20.2. The van der Waals surface area contributed by atoms with E-state index in [-0.39, 0.29) is 0 Å². The van der Waals surface area contributed by atoms with E-state index < -0.39 is 0 Å². The molecule has 0 spiro atoms. The van der Waals surface area contributed by atoms with E-state index in [1.165, 1.54) is 49.9 Å². The smallest absolute Gasteiger partial charge is 0.191 e. The van der Waals surface area contributed by atoms with Gasteiger partial charge in [0.1, 0.15) is 0 Å². The first-order valence-electron chi connectivity index (χ1n) is 12.2. The van der Waals surface area contributed by atoms with Crippen molar-refractivity contribution in [3.05, 3.63) is 35.4 Å². The molecule has 2 aliphatic rings. The number of piperidine rings is 2. The van der Waals surface area contributed by atoms with Gasteiger partial charge in [0.15, 0.2) is 5.96 Å². The Morgan fingerprint density at radius 2 is 1.77 bits per heavy atom. The molecule has 0 bridgehead atoms. The molecular weight excluding hydrogens is 386 g/mol. The predicted octanol–water partition coefficient (Wildman–Crippen LogP) is 2.87. The van der Waals surface area contributed by atoms with Crippen molar-refractivity contribution >= 4 is 5.96 Å². The molecule has 3 rings (SSSR count). The molecule has 0 aliphatic carbocycles. The van der Waals surface area contributed by atoms with Crippen LogP contribution in [-0.2, 0) is 11.3 Å². The lowest BCUT2D eigenvalue weighted by atomic mass is 9.97. The fourth-order valence-corrected chi connectivity index (χ4v) is 4.61. The number of rotatable bonds is 9. The first-order chi connectivity index (χ1) is 15.2. The number of nitrogens with zero attached hydrogens (tertiary/aromatic N) is 3. The van der Waals surface area contributed by atoms with Gasteiger partial charge in [-0.25, -0.2) is 0 Å². The maximum Gasteiger partial charge on any atom is 0.191 e. The summed E-state index contributed by atoms with van der Waals surface area (Å²) in [5.41, 5.74) is 2.85. The highest BCUT2D eigenvalue weighted by Crippen LogP contribution is 2.18. The average Bonchev–Trinajstić information content (AvgIpc) is 2.80. The maximum atomic E-state index is 5.21. The Morgan fingerprint density at radius 3 is 2.45 bits per heavy atom. The van der Waals surface area contributed by atoms with Crippen LogP contribution in [-0.4, -0.2) is 81.3 Å². The molecule has 0 aromatic heterocycles. The SMILES string of the molecule is CCNC(=NCC1CCN(CCOC)CC1)NC1CCN(Cc2ccccc2C)CC1. The van der Waals surface area contributed by atoms with Gasteiger partial charge in [-0.05, 0) is 69.7 Å². The molecule has 1 aromatic carbocycles. The van der Waals surface area contributed by atoms with Gasteiger partial charge in [0.25, 0.3) is 0 Å². The van der Waals surface area contributed by atoms with Gasteiger partial charge in [0.2, 0.25) is 0 Å². The second-order valence-corrected chi connectivity index (χ2v) is 9.12. The number of guanidine groups is 1. The topological polar surface area (TPSA) is 52.1 Å². The third kappa shape index (κ3) is 8.09. The standard InChI is InChI=1S/C25H43N5O/c1-4-26-25(27-19-22-9-13-29(14-10-22)17-18-31-3)28-24-11-15-30(16-12-24)20-23-8-6-5-7-21(23)2/h5-8,22,24H,4,9-20H2,1-3H3,(H2,26,27,28). The summed E-state index contributed by atoms with van der Waals surface area (Å²) in [6, 6.07) is 9.27. The van der Waals surface area contributed by atoms with E-state index >= 15 is 0 Å². The van der Waals surface area contributed by atoms with Crippen molar-refractivity contribution in [1.29, 1.82) is 0 Å². The Kier molecular flexibility index (Phi) is 10.1. The minimum absolute atomic E-state index is 0.516. The number of hydrogen-bond donors (Lipinski definition) is 2. The largest absolute Gasteiger partial charge is 0.383 e. The van der Waals surface area contributed by atoms with Crippen LogP contribution in [0.5, 0.6) is 0 Å². The van der Waals surface area contributed by atoms with Crippen molar-refractivity contribution in [2.24, 2.45) is 10.9 Å². The number of aryl methyl sites for hydroxylation is 1. The second-order valence-electron chi connectivity index (χ2n) is 9.12. The Morgan fingerprint density at radius 1 is 1.06 bits per heavy atom. The Labute approximate surface area is 189 Å². The van der Waals surface area contributed by atoms with Crippen molar-refractivity contribution in [2.45, 2.75) is 52.1 Å². The molecule has 31 heavy (non-hydrogen) atoms. The molecule has 174 valence electrons. The lowest BCUT2D eigenvalue weighted by Crippen LogP contribution is -2.48. The number of ether oxygens (including phenoxy) is 1. The number of methoxy groups -OCH3 is 1. The second kappa shape index (κ2) is 13.0. The Hall–Kier alpha value is -1.63. The van der Waals surface area contributed by atoms with Crippen molar-refractivity contribution in [1.82, 2.24) is 20.4 Å². The zero-order valence-corrected chi connectivity index (χ0v) is 19.9. The summed E-state index contributed by atoms with van der Waals surface area (Å²) in [5, 5.41) is 7.18. The molecular formula is C25H43N5O. The van der Waals surface area contributed by atoms with Gasteiger partial charge >= 0.3 is 0 Å². The van der Waals surface area contributed by atoms with Gasteiger partial charge in [-0.15, -0.1) is 0 Å². The third-order valence-electron chi connectivity index (χ3n) is 6.75. The Bertz CT molecular complexity index is 664. The van der Waals surface area contributed by atoms with Crippen molar-refractivity contribution in [2.75, 3.05) is 59.5 Å². The first-order valence-corrected chi connectivity index (χ1v) is 12.2. The number of likely N-dealkylation sites (tertiary alicyclic amines) is 2. The van der Waals surface area contributed by atoms with Gasteiger partial charge in [-0.2, -0.15) is 0 Å². The number of hydrogen-bond acceptors (Lipinski definition) is 4. The van der Waals surface area contributed by atoms with Crippen LogP contribution in [0.4, 0.5) is 0 Å². The van der Waals surface area contributed by atoms with Crippen LogP contribution in [0.1, 0.15) is 43.7 Å². The van der Waals surface area contributed by atoms with E-state index in [2.05, 4.69) is 58.5 Å². The zero-order valence-electron chi connectivity index (χ0n) is 19.9. The molecule has 0 saturated carbocycles. The molecule has 0 atom stereocenters. The molecule has 0 amide bonds. The summed E-state index contributed by atoms with van der Waals surface area (Å²) >= 11 is 0. The predicted molar refractivity (Wildman–Crippen MR) is 130 cm³/mol. The van der Waals surface area contributed by atoms with Gasteiger partial charge in [-0.3, -0.25) is 9.89 Å². The summed E-state index contributed by atoms with van der Waals surface area (Å²) in [6.45, 7) is 13.8. The van der Waals surface area contributed by atoms with E-state index in [1.54, 1.807) is 7.11 Å². The molecule has 1 aromatic rings. The molecule has 2 fully saturated rings. The molecule has 0 unspecified atom stereocenters. The van der Waals surface area contributed by atoms with Crippen LogP contribution in [0.3, 0.4) is 0 Å². The van der Waals surface area contributed by atoms with E-state index in [0.717, 1.165) is 51.8 Å². The highest BCUT2D eigenvalue weighted by atomic mass is 16.5. The monoisotopic (exact) mass is 429 g/mol. The minimum Gasteiger partial charge on any atom is -0.383 e. The molecule has 6 heteroatoms. The first kappa shape index (κ1) is 24.0. The highest BCUT2D eigenvalue weighted by Gasteiger charge is 2.22. The van der Waals surface area contributed by atoms with Crippen LogP contribution in [0.15, 0.2) is 29.3 Å². The van der Waals surface area contributed by atoms with Crippen LogP contribution < -0.4 is 10.6 Å². The van der Waals surface area contributed by atoms with Crippen LogP contribution >= 0.6 is 0 Å². The molecule has 2 saturated heterocycles. The van der Waals surface area contributed by atoms with Gasteiger partial charge in [0, 0.05) is 52.4 Å². The highest BCUT2D eigenvalue weighted by molar-refractivity contribution is 5.80. The fraction of sp³-hybridized carbons (Fsp3) is 0.720. The summed E-state index contributed by atoms with van der Waals surface area (Å²) in [5.74, 6) is 1.70. The summed E-state index contributed by atoms with van der Waals surface area (Å²) < 4.78 is 5.21. The van der Waals surface area contributed by atoms with Gasteiger partial charge in [0.05, 0.1) is 6.61 Å². The average molecular weight is 430 g/mol. The summed E-state index contributed by atoms with van der Waals surface area (Å²) in [7, 11) is 1.78. The van der Waals surface area contributed by atoms with E-state index in [0.29, 0.717) is 12.0 Å². The van der Waals surface area contributed by atoms with Crippen LogP contribution in [0.25, 0.3) is 0 Å². The lowest BCUT2D eigenvalue weighted by molar-refractivity contribution is 0.121. The number of nitrogens with one attached hydrogen (secondary N) is 2. The summed E-state index contributed by atoms with van der Waals surface area (Å²) in [6.07, 6.45) is 4.83. The molecule has 2 aliphatic heterocycles. The van der Waals surface area contributed by atoms with Crippen LogP contribution in [0, 0.1) is 12.8 Å². The van der Waals surface area contributed by atoms with Gasteiger partial charge < -0.3 is 20.3 Å². The third-order valence-corrected chi connectivity index (χ3v) is 6.75. The number of aliphatic imine (C=N–C) groups is 1. The number of benzene rings is 1. The van der Waals surface area contributed by atoms with Crippen LogP contribution in [0.2, 0.25) is 0 Å². The maximum absolute atomic E-state index is 5.21. The van der Waals surface area contributed by atoms with Crippen molar-refractivity contribution in [3.63, 3.8) is 0 Å². The molecule has 2 heterocycles. The van der Waals surface area contributed by atoms with Crippen molar-refractivity contribution in [3.8, 4) is 0 Å². The van der Waals surface area contributed by atoms with Gasteiger partial charge in [-0.1, -0.05) is 24.3 Å². The fourth-order valence-electron chi connectivity index (χ4n) is 4.61. The van der Waals surface area contributed by atoms with E-state index in [9.17, 15) is 0 Å². The van der Waals surface area contributed by atoms with E-state index in [4.69, 9.17) is 9.73 Å². The minimum atomic E-state index is 0.516. The Balaban J connectivity index is 1.40. The molecule has 2 N–H and O–H groups in total.